The zero-order valence-electron chi connectivity index (χ0n) is 14.1. The Morgan fingerprint density at radius 1 is 1.27 bits per heavy atom. The van der Waals surface area contributed by atoms with E-state index in [2.05, 4.69) is 15.3 Å². The Kier molecular flexibility index (Phi) is 5.49. The molecule has 0 fully saturated rings. The molecule has 7 nitrogen and oxygen atoms in total. The minimum Gasteiger partial charge on any atom is -0.350 e. The van der Waals surface area contributed by atoms with Gasteiger partial charge in [0.05, 0.1) is 4.99 Å². The third-order valence-corrected chi connectivity index (χ3v) is 5.20. The van der Waals surface area contributed by atoms with Gasteiger partial charge in [-0.15, -0.1) is 0 Å². The summed E-state index contributed by atoms with van der Waals surface area (Å²) >= 11 is 12.6. The Balaban J connectivity index is 1.65. The van der Waals surface area contributed by atoms with Crippen LogP contribution in [0.1, 0.15) is 6.42 Å². The molecule has 0 amide bonds. The highest BCUT2D eigenvalue weighted by Gasteiger charge is 2.13. The number of aromatic amines is 1. The van der Waals surface area contributed by atoms with Crippen molar-refractivity contribution in [1.29, 1.82) is 0 Å². The monoisotopic (exact) mass is 409 g/mol. The van der Waals surface area contributed by atoms with Crippen molar-refractivity contribution >= 4 is 57.4 Å². The maximum Gasteiger partial charge on any atom is 0.332 e. The van der Waals surface area contributed by atoms with Gasteiger partial charge in [0.1, 0.15) is 0 Å². The van der Waals surface area contributed by atoms with Crippen LogP contribution in [-0.4, -0.2) is 29.8 Å². The number of H-pyrrole nitrogens is 1. The first-order chi connectivity index (χ1) is 12.4. The molecule has 1 aromatic carbocycles. The number of anilines is 1. The molecule has 0 radical (unpaired) electrons. The number of thiocarbonyl (C=S) groups is 1. The maximum atomic E-state index is 12.2. The van der Waals surface area contributed by atoms with E-state index in [0.29, 0.717) is 38.5 Å². The standard InChI is InChI=1S/C16H16ClN5O2S2/c1-21-13-12(14(23)22(2)16(21)24)19-15(20-13)26-8-7-11(25)18-10-5-3-9(17)4-6-10/h3-6H,7-8H2,1-2H3,(H,18,25)(H,19,20). The Hall–Kier alpha value is -2.10. The summed E-state index contributed by atoms with van der Waals surface area (Å²) in [5.74, 6) is 0.674. The molecule has 2 heterocycles. The van der Waals surface area contributed by atoms with Gasteiger partial charge in [-0.05, 0) is 24.3 Å². The number of thioether (sulfide) groups is 1. The van der Waals surface area contributed by atoms with E-state index in [-0.39, 0.29) is 5.56 Å². The molecule has 0 aliphatic carbocycles. The van der Waals surface area contributed by atoms with Crippen LogP contribution in [0.5, 0.6) is 0 Å². The van der Waals surface area contributed by atoms with E-state index in [9.17, 15) is 9.59 Å². The molecule has 2 N–H and O–H groups in total. The molecule has 0 saturated carbocycles. The quantitative estimate of drug-likeness (QED) is 0.497. The van der Waals surface area contributed by atoms with Gasteiger partial charge in [0, 0.05) is 37.0 Å². The Bertz CT molecular complexity index is 1080. The number of halogens is 1. The molecule has 3 aromatic rings. The summed E-state index contributed by atoms with van der Waals surface area (Å²) in [6, 6.07) is 7.30. The molecule has 2 aromatic heterocycles. The van der Waals surface area contributed by atoms with Gasteiger partial charge in [-0.1, -0.05) is 35.6 Å². The van der Waals surface area contributed by atoms with Crippen LogP contribution >= 0.6 is 35.6 Å². The summed E-state index contributed by atoms with van der Waals surface area (Å²) in [4.78, 5) is 32.1. The molecule has 10 heteroatoms. The molecule has 0 aliphatic rings. The predicted molar refractivity (Wildman–Crippen MR) is 110 cm³/mol. The van der Waals surface area contributed by atoms with Crippen molar-refractivity contribution < 1.29 is 0 Å². The van der Waals surface area contributed by atoms with E-state index >= 15 is 0 Å². The van der Waals surface area contributed by atoms with Gasteiger partial charge in [0.2, 0.25) is 0 Å². The number of nitrogens with zero attached hydrogens (tertiary/aromatic N) is 3. The number of aryl methyl sites for hydroxylation is 1. The van der Waals surface area contributed by atoms with Crippen molar-refractivity contribution in [2.24, 2.45) is 14.1 Å². The number of imidazole rings is 1. The van der Waals surface area contributed by atoms with Crippen molar-refractivity contribution in [1.82, 2.24) is 19.1 Å². The van der Waals surface area contributed by atoms with E-state index in [0.717, 1.165) is 10.3 Å². The second-order valence-electron chi connectivity index (χ2n) is 5.60. The zero-order chi connectivity index (χ0) is 18.8. The maximum absolute atomic E-state index is 12.2. The summed E-state index contributed by atoms with van der Waals surface area (Å²) in [5.41, 5.74) is 0.759. The molecule has 0 aliphatic heterocycles. The van der Waals surface area contributed by atoms with Gasteiger partial charge in [-0.2, -0.15) is 0 Å². The topological polar surface area (TPSA) is 84.7 Å². The number of nitrogens with one attached hydrogen (secondary N) is 2. The highest BCUT2D eigenvalue weighted by atomic mass is 35.5. The van der Waals surface area contributed by atoms with Gasteiger partial charge in [0.25, 0.3) is 5.56 Å². The average molecular weight is 410 g/mol. The number of aromatic nitrogens is 4. The summed E-state index contributed by atoms with van der Waals surface area (Å²) in [6.07, 6.45) is 0.636. The van der Waals surface area contributed by atoms with E-state index in [1.165, 1.54) is 23.4 Å². The third kappa shape index (κ3) is 3.84. The summed E-state index contributed by atoms with van der Waals surface area (Å²) in [5, 5.41) is 4.39. The summed E-state index contributed by atoms with van der Waals surface area (Å²) in [6.45, 7) is 0. The minimum absolute atomic E-state index is 0.318. The normalized spacial score (nSPS) is 11.0. The molecule has 0 bridgehead atoms. The second kappa shape index (κ2) is 7.65. The molecule has 0 spiro atoms. The van der Waals surface area contributed by atoms with Crippen molar-refractivity contribution in [3.05, 3.63) is 50.1 Å². The van der Waals surface area contributed by atoms with Crippen molar-refractivity contribution in [2.75, 3.05) is 11.1 Å². The molecule has 0 atom stereocenters. The van der Waals surface area contributed by atoms with E-state index in [1.54, 1.807) is 19.2 Å². The van der Waals surface area contributed by atoms with Crippen molar-refractivity contribution in [3.8, 4) is 0 Å². The zero-order valence-corrected chi connectivity index (χ0v) is 16.5. The predicted octanol–water partition coefficient (Wildman–Crippen LogP) is 2.54. The van der Waals surface area contributed by atoms with Crippen LogP contribution in [0.3, 0.4) is 0 Å². The Morgan fingerprint density at radius 3 is 2.65 bits per heavy atom. The summed E-state index contributed by atoms with van der Waals surface area (Å²) < 4.78 is 2.41. The third-order valence-electron chi connectivity index (χ3n) is 3.77. The van der Waals surface area contributed by atoms with Crippen molar-refractivity contribution in [2.45, 2.75) is 11.6 Å². The van der Waals surface area contributed by atoms with Crippen LogP contribution in [0.4, 0.5) is 5.69 Å². The van der Waals surface area contributed by atoms with Crippen LogP contribution in [0.2, 0.25) is 5.02 Å². The summed E-state index contributed by atoms with van der Waals surface area (Å²) in [7, 11) is 3.03. The highest BCUT2D eigenvalue weighted by Crippen LogP contribution is 2.18. The molecule has 136 valence electrons. The van der Waals surface area contributed by atoms with Gasteiger partial charge < -0.3 is 10.3 Å². The molecule has 0 unspecified atom stereocenters. The van der Waals surface area contributed by atoms with Gasteiger partial charge in [-0.25, -0.2) is 9.78 Å². The first kappa shape index (κ1) is 18.7. The van der Waals surface area contributed by atoms with E-state index < -0.39 is 5.69 Å². The fourth-order valence-corrected chi connectivity index (χ4v) is 3.67. The lowest BCUT2D eigenvalue weighted by molar-refractivity contribution is 0.708. The number of rotatable bonds is 5. The first-order valence-electron chi connectivity index (χ1n) is 7.71. The van der Waals surface area contributed by atoms with Crippen LogP contribution in [-0.2, 0) is 14.1 Å². The number of hydrogen-bond acceptors (Lipinski definition) is 5. The van der Waals surface area contributed by atoms with Gasteiger partial charge in [-0.3, -0.25) is 13.9 Å². The molecule has 26 heavy (non-hydrogen) atoms. The van der Waals surface area contributed by atoms with E-state index in [1.807, 2.05) is 12.1 Å². The fourth-order valence-electron chi connectivity index (χ4n) is 2.37. The van der Waals surface area contributed by atoms with Crippen molar-refractivity contribution in [3.63, 3.8) is 0 Å². The van der Waals surface area contributed by atoms with Crippen LogP contribution in [0, 0.1) is 0 Å². The lowest BCUT2D eigenvalue weighted by Gasteiger charge is -2.07. The molecular weight excluding hydrogens is 394 g/mol. The number of hydrogen-bond donors (Lipinski definition) is 2. The van der Waals surface area contributed by atoms with Crippen LogP contribution < -0.4 is 16.6 Å². The number of fused-ring (bicyclic) bond motifs is 1. The SMILES string of the molecule is Cn1c(=O)c2[nH]c(SCCC(=S)Nc3ccc(Cl)cc3)nc2n(C)c1=O. The largest absolute Gasteiger partial charge is 0.350 e. The highest BCUT2D eigenvalue weighted by molar-refractivity contribution is 7.99. The average Bonchev–Trinajstić information content (AvgIpc) is 3.04. The lowest BCUT2D eigenvalue weighted by Crippen LogP contribution is -2.36. The molecule has 0 saturated heterocycles. The Labute approximate surface area is 163 Å². The number of benzene rings is 1. The molecule has 3 rings (SSSR count). The van der Waals surface area contributed by atoms with Gasteiger partial charge in [0.15, 0.2) is 16.3 Å². The fraction of sp³-hybridized carbons (Fsp3) is 0.250. The van der Waals surface area contributed by atoms with Gasteiger partial charge >= 0.3 is 5.69 Å². The lowest BCUT2D eigenvalue weighted by atomic mass is 10.3. The van der Waals surface area contributed by atoms with Crippen LogP contribution in [0.15, 0.2) is 39.0 Å². The Morgan fingerprint density at radius 2 is 1.96 bits per heavy atom. The smallest absolute Gasteiger partial charge is 0.332 e. The van der Waals surface area contributed by atoms with E-state index in [4.69, 9.17) is 23.8 Å². The first-order valence-corrected chi connectivity index (χ1v) is 9.48. The minimum atomic E-state index is -0.404. The second-order valence-corrected chi connectivity index (χ2v) is 7.61. The molecular formula is C16H16ClN5O2S2. The van der Waals surface area contributed by atoms with Crippen LogP contribution in [0.25, 0.3) is 11.2 Å².